The highest BCUT2D eigenvalue weighted by molar-refractivity contribution is 5.78. The maximum Gasteiger partial charge on any atom is 0.236 e. The van der Waals surface area contributed by atoms with Gasteiger partial charge < -0.3 is 10.2 Å². The van der Waals surface area contributed by atoms with Crippen LogP contribution in [0.25, 0.3) is 0 Å². The average molecular weight is 210 g/mol. The first-order valence-electron chi connectivity index (χ1n) is 6.35. The number of carbonyl (C=O) groups is 1. The van der Waals surface area contributed by atoms with E-state index in [1.165, 1.54) is 38.5 Å². The first kappa shape index (κ1) is 10.9. The van der Waals surface area contributed by atoms with Gasteiger partial charge in [0, 0.05) is 13.1 Å². The highest BCUT2D eigenvalue weighted by Gasteiger charge is 2.18. The van der Waals surface area contributed by atoms with Gasteiger partial charge in [0.1, 0.15) is 0 Å². The number of hydrogen-bond acceptors (Lipinski definition) is 2. The summed E-state index contributed by atoms with van der Waals surface area (Å²) < 4.78 is 0. The summed E-state index contributed by atoms with van der Waals surface area (Å²) in [7, 11) is 0. The van der Waals surface area contributed by atoms with Gasteiger partial charge in [-0.2, -0.15) is 0 Å². The van der Waals surface area contributed by atoms with Crippen LogP contribution < -0.4 is 5.32 Å². The predicted molar refractivity (Wildman–Crippen MR) is 60.6 cm³/mol. The van der Waals surface area contributed by atoms with Crippen LogP contribution in [0, 0.1) is 5.92 Å². The number of likely N-dealkylation sites (tertiary alicyclic amines) is 1. The Labute approximate surface area is 92.2 Å². The second-order valence-electron chi connectivity index (χ2n) is 4.85. The minimum atomic E-state index is 0.293. The molecule has 0 atom stereocenters. The topological polar surface area (TPSA) is 32.3 Å². The molecule has 1 aliphatic carbocycles. The van der Waals surface area contributed by atoms with Crippen molar-refractivity contribution >= 4 is 5.91 Å². The second kappa shape index (κ2) is 5.50. The third-order valence-electron chi connectivity index (χ3n) is 3.69. The standard InChI is InChI=1S/C12H22N2O/c15-12(14-8-1-2-9-14)10-13-7-6-11-4-3-5-11/h11,13H,1-10H2. The number of nitrogens with zero attached hydrogens (tertiary/aromatic N) is 1. The third kappa shape index (κ3) is 3.20. The highest BCUT2D eigenvalue weighted by atomic mass is 16.2. The van der Waals surface area contributed by atoms with E-state index >= 15 is 0 Å². The molecule has 0 aromatic carbocycles. The van der Waals surface area contributed by atoms with E-state index in [4.69, 9.17) is 0 Å². The Balaban J connectivity index is 1.50. The van der Waals surface area contributed by atoms with Gasteiger partial charge in [-0.1, -0.05) is 19.3 Å². The minimum absolute atomic E-state index is 0.293. The first-order valence-corrected chi connectivity index (χ1v) is 6.35. The Morgan fingerprint density at radius 2 is 1.93 bits per heavy atom. The lowest BCUT2D eigenvalue weighted by atomic mass is 9.83. The summed E-state index contributed by atoms with van der Waals surface area (Å²) in [5, 5.41) is 3.27. The van der Waals surface area contributed by atoms with Gasteiger partial charge in [-0.15, -0.1) is 0 Å². The summed E-state index contributed by atoms with van der Waals surface area (Å²) in [5.41, 5.74) is 0. The molecule has 1 aliphatic heterocycles. The molecule has 1 amide bonds. The highest BCUT2D eigenvalue weighted by Crippen LogP contribution is 2.28. The zero-order valence-corrected chi connectivity index (χ0v) is 9.50. The quantitative estimate of drug-likeness (QED) is 0.695. The smallest absolute Gasteiger partial charge is 0.236 e. The van der Waals surface area contributed by atoms with Crippen molar-refractivity contribution in [3.8, 4) is 0 Å². The molecule has 86 valence electrons. The van der Waals surface area contributed by atoms with E-state index in [0.29, 0.717) is 12.5 Å². The van der Waals surface area contributed by atoms with Gasteiger partial charge in [-0.05, 0) is 31.7 Å². The van der Waals surface area contributed by atoms with Crippen molar-refractivity contribution < 1.29 is 4.79 Å². The van der Waals surface area contributed by atoms with E-state index in [9.17, 15) is 4.79 Å². The number of carbonyl (C=O) groups excluding carboxylic acids is 1. The Kier molecular flexibility index (Phi) is 4.01. The summed E-state index contributed by atoms with van der Waals surface area (Å²) in [6.45, 7) is 3.52. The maximum atomic E-state index is 11.6. The van der Waals surface area contributed by atoms with Crippen molar-refractivity contribution in [3.05, 3.63) is 0 Å². The van der Waals surface area contributed by atoms with Crippen LogP contribution in [0.4, 0.5) is 0 Å². The molecule has 0 radical (unpaired) electrons. The molecular formula is C12H22N2O. The van der Waals surface area contributed by atoms with Crippen LogP contribution >= 0.6 is 0 Å². The van der Waals surface area contributed by atoms with E-state index in [1.807, 2.05) is 4.90 Å². The molecule has 0 aromatic heterocycles. The molecule has 0 bridgehead atoms. The first-order chi connectivity index (χ1) is 7.36. The van der Waals surface area contributed by atoms with Gasteiger partial charge in [-0.25, -0.2) is 0 Å². The maximum absolute atomic E-state index is 11.6. The molecule has 1 heterocycles. The van der Waals surface area contributed by atoms with Crippen LogP contribution in [0.1, 0.15) is 38.5 Å². The molecule has 0 spiro atoms. The fourth-order valence-electron chi connectivity index (χ4n) is 2.36. The molecule has 2 rings (SSSR count). The molecule has 2 aliphatic rings. The summed E-state index contributed by atoms with van der Waals surface area (Å²) in [6.07, 6.45) is 7.86. The SMILES string of the molecule is O=C(CNCCC1CCC1)N1CCCC1. The van der Waals surface area contributed by atoms with Crippen molar-refractivity contribution in [2.75, 3.05) is 26.2 Å². The largest absolute Gasteiger partial charge is 0.342 e. The molecule has 3 heteroatoms. The minimum Gasteiger partial charge on any atom is -0.342 e. The van der Waals surface area contributed by atoms with Crippen LogP contribution in [0.2, 0.25) is 0 Å². The van der Waals surface area contributed by atoms with Gasteiger partial charge >= 0.3 is 0 Å². The second-order valence-corrected chi connectivity index (χ2v) is 4.85. The molecular weight excluding hydrogens is 188 g/mol. The zero-order valence-electron chi connectivity index (χ0n) is 9.50. The molecule has 2 fully saturated rings. The molecule has 1 saturated carbocycles. The number of rotatable bonds is 5. The van der Waals surface area contributed by atoms with E-state index in [1.54, 1.807) is 0 Å². The molecule has 15 heavy (non-hydrogen) atoms. The fourth-order valence-corrected chi connectivity index (χ4v) is 2.36. The Hall–Kier alpha value is -0.570. The normalized spacial score (nSPS) is 21.7. The molecule has 0 unspecified atom stereocenters. The molecule has 1 N–H and O–H groups in total. The third-order valence-corrected chi connectivity index (χ3v) is 3.69. The summed E-state index contributed by atoms with van der Waals surface area (Å²) in [5.74, 6) is 1.24. The van der Waals surface area contributed by atoms with Crippen molar-refractivity contribution in [1.29, 1.82) is 0 Å². The molecule has 0 aromatic rings. The lowest BCUT2D eigenvalue weighted by Gasteiger charge is -2.25. The van der Waals surface area contributed by atoms with Gasteiger partial charge in [0.15, 0.2) is 0 Å². The Morgan fingerprint density at radius 1 is 1.20 bits per heavy atom. The van der Waals surface area contributed by atoms with Crippen LogP contribution in [-0.4, -0.2) is 37.0 Å². The van der Waals surface area contributed by atoms with Crippen molar-refractivity contribution in [2.45, 2.75) is 38.5 Å². The van der Waals surface area contributed by atoms with Crippen molar-refractivity contribution in [3.63, 3.8) is 0 Å². The zero-order chi connectivity index (χ0) is 10.5. The number of nitrogens with one attached hydrogen (secondary N) is 1. The lowest BCUT2D eigenvalue weighted by Crippen LogP contribution is -2.37. The molecule has 1 saturated heterocycles. The Morgan fingerprint density at radius 3 is 2.53 bits per heavy atom. The lowest BCUT2D eigenvalue weighted by molar-refractivity contribution is -0.129. The van der Waals surface area contributed by atoms with Crippen molar-refractivity contribution in [1.82, 2.24) is 10.2 Å². The van der Waals surface area contributed by atoms with Crippen LogP contribution in [-0.2, 0) is 4.79 Å². The summed E-state index contributed by atoms with van der Waals surface area (Å²) in [4.78, 5) is 13.6. The van der Waals surface area contributed by atoms with Gasteiger partial charge in [0.05, 0.1) is 6.54 Å². The van der Waals surface area contributed by atoms with E-state index in [-0.39, 0.29) is 0 Å². The van der Waals surface area contributed by atoms with E-state index in [0.717, 1.165) is 25.6 Å². The summed E-state index contributed by atoms with van der Waals surface area (Å²) >= 11 is 0. The number of amides is 1. The number of hydrogen-bond donors (Lipinski definition) is 1. The van der Waals surface area contributed by atoms with Gasteiger partial charge in [0.2, 0.25) is 5.91 Å². The average Bonchev–Trinajstić information content (AvgIpc) is 2.67. The predicted octanol–water partition coefficient (Wildman–Crippen LogP) is 1.39. The van der Waals surface area contributed by atoms with E-state index < -0.39 is 0 Å². The van der Waals surface area contributed by atoms with Crippen molar-refractivity contribution in [2.24, 2.45) is 5.92 Å². The monoisotopic (exact) mass is 210 g/mol. The van der Waals surface area contributed by atoms with Crippen LogP contribution in [0.15, 0.2) is 0 Å². The van der Waals surface area contributed by atoms with Crippen LogP contribution in [0.3, 0.4) is 0 Å². The fraction of sp³-hybridized carbons (Fsp3) is 0.917. The molecule has 3 nitrogen and oxygen atoms in total. The van der Waals surface area contributed by atoms with E-state index in [2.05, 4.69) is 5.32 Å². The van der Waals surface area contributed by atoms with Gasteiger partial charge in [0.25, 0.3) is 0 Å². The summed E-state index contributed by atoms with van der Waals surface area (Å²) in [6, 6.07) is 0. The van der Waals surface area contributed by atoms with Gasteiger partial charge in [-0.3, -0.25) is 4.79 Å². The van der Waals surface area contributed by atoms with Crippen LogP contribution in [0.5, 0.6) is 0 Å². The Bertz CT molecular complexity index is 208.